The predicted octanol–water partition coefficient (Wildman–Crippen LogP) is 8.37. The van der Waals surface area contributed by atoms with Crippen LogP contribution in [-0.4, -0.2) is 13.3 Å². The molecule has 40 heavy (non-hydrogen) atoms. The van der Waals surface area contributed by atoms with Gasteiger partial charge in [-0.25, -0.2) is 0 Å². The fourth-order valence-corrected chi connectivity index (χ4v) is 8.27. The Kier molecular flexibility index (Phi) is 5.45. The molecule has 3 aromatic heterocycles. The van der Waals surface area contributed by atoms with E-state index >= 15 is 0 Å². The van der Waals surface area contributed by atoms with E-state index in [1.807, 2.05) is 42.5 Å². The zero-order valence-corrected chi connectivity index (χ0v) is 25.4. The minimum absolute atomic E-state index is 0.588. The van der Waals surface area contributed by atoms with E-state index in [2.05, 4.69) is 84.5 Å². The first-order valence-electron chi connectivity index (χ1n) is 13.6. The molecule has 4 aromatic carbocycles. The number of aromatic nitrogens is 1. The van der Waals surface area contributed by atoms with Crippen LogP contribution in [0, 0.1) is 18.3 Å². The third-order valence-corrected chi connectivity index (χ3v) is 12.4. The van der Waals surface area contributed by atoms with Gasteiger partial charge in [0.15, 0.2) is 0 Å². The second kappa shape index (κ2) is 8.84. The summed E-state index contributed by atoms with van der Waals surface area (Å²) in [5, 5.41) is 14.3. The molecule has 5 heteroatoms. The molecule has 0 aliphatic rings. The molecule has 0 saturated carbocycles. The van der Waals surface area contributed by atoms with E-state index in [0.717, 1.165) is 71.8 Å². The van der Waals surface area contributed by atoms with Crippen LogP contribution in [0.25, 0.3) is 66.3 Å². The van der Waals surface area contributed by atoms with Crippen LogP contribution in [-0.2, 0) is 7.05 Å². The number of para-hydroxylation sites is 1. The second-order valence-corrected chi connectivity index (χ2v) is 22.3. The van der Waals surface area contributed by atoms with Crippen LogP contribution in [0.15, 0.2) is 93.9 Å². The van der Waals surface area contributed by atoms with Crippen LogP contribution in [0.1, 0.15) is 11.1 Å². The van der Waals surface area contributed by atoms with Crippen molar-refractivity contribution in [2.24, 2.45) is 7.05 Å². The van der Waals surface area contributed by atoms with E-state index in [1.165, 1.54) is 4.40 Å². The Labute approximate surface area is 235 Å². The van der Waals surface area contributed by atoms with E-state index < -0.39 is 13.3 Å². The summed E-state index contributed by atoms with van der Waals surface area (Å²) >= 11 is -2.07. The average molecular weight is 582 g/mol. The molecule has 0 aliphatic carbocycles. The van der Waals surface area contributed by atoms with E-state index in [-0.39, 0.29) is 0 Å². The van der Waals surface area contributed by atoms with Crippen LogP contribution in [0.3, 0.4) is 0 Å². The molecule has 0 radical (unpaired) electrons. The number of hydrogen-bond donors (Lipinski definition) is 0. The third-order valence-electron chi connectivity index (χ3n) is 8.08. The van der Waals surface area contributed by atoms with Crippen LogP contribution in [0.2, 0.25) is 17.3 Å². The Morgan fingerprint density at radius 3 is 2.23 bits per heavy atom. The topological polar surface area (TPSA) is 54.0 Å². The van der Waals surface area contributed by atoms with E-state index in [4.69, 9.17) is 8.83 Å². The number of nitriles is 1. The Morgan fingerprint density at radius 2 is 1.45 bits per heavy atom. The van der Waals surface area contributed by atoms with Gasteiger partial charge >= 0.3 is 202 Å². The van der Waals surface area contributed by atoms with Gasteiger partial charge in [0.25, 0.3) is 0 Å². The number of pyridine rings is 1. The summed E-state index contributed by atoms with van der Waals surface area (Å²) < 4.78 is 16.5. The van der Waals surface area contributed by atoms with Gasteiger partial charge < -0.3 is 4.42 Å². The molecule has 0 amide bonds. The summed E-state index contributed by atoms with van der Waals surface area (Å²) in [5.41, 5.74) is 9.02. The summed E-state index contributed by atoms with van der Waals surface area (Å²) in [7, 11) is 2.10. The van der Waals surface area contributed by atoms with Gasteiger partial charge in [0.2, 0.25) is 0 Å². The normalized spacial score (nSPS) is 12.1. The van der Waals surface area contributed by atoms with Crippen molar-refractivity contribution in [2.75, 3.05) is 0 Å². The number of hydrogen-bond acceptors (Lipinski definition) is 3. The number of benzene rings is 4. The molecule has 0 atom stereocenters. The molecule has 0 saturated heterocycles. The summed E-state index contributed by atoms with van der Waals surface area (Å²) in [5.74, 6) is 7.26. The molecule has 0 fully saturated rings. The Hall–Kier alpha value is -4.34. The zero-order valence-electron chi connectivity index (χ0n) is 23.3. The van der Waals surface area contributed by atoms with Gasteiger partial charge in [-0.2, -0.15) is 0 Å². The quantitative estimate of drug-likeness (QED) is 0.155. The molecule has 0 N–H and O–H groups in total. The maximum absolute atomic E-state index is 10.2. The van der Waals surface area contributed by atoms with Crippen molar-refractivity contribution in [3.8, 4) is 28.5 Å². The first kappa shape index (κ1) is 24.7. The van der Waals surface area contributed by atoms with E-state index in [1.54, 1.807) is 0 Å². The zero-order chi connectivity index (χ0) is 27.8. The van der Waals surface area contributed by atoms with E-state index in [9.17, 15) is 5.26 Å². The fraction of sp³-hybridized carbons (Fsp3) is 0.143. The van der Waals surface area contributed by atoms with Gasteiger partial charge in [0.1, 0.15) is 5.58 Å². The minimum atomic E-state index is -2.07. The molecular formula is C35H29GeN2O2+. The summed E-state index contributed by atoms with van der Waals surface area (Å²) in [6.07, 6.45) is 2.17. The van der Waals surface area contributed by atoms with Crippen LogP contribution < -0.4 is 8.96 Å². The number of fused-ring (bicyclic) bond motifs is 6. The van der Waals surface area contributed by atoms with Gasteiger partial charge in [-0.1, -0.05) is 18.2 Å². The van der Waals surface area contributed by atoms with Gasteiger partial charge in [0.05, 0.1) is 0 Å². The van der Waals surface area contributed by atoms with Crippen molar-refractivity contribution in [2.45, 2.75) is 24.2 Å². The standard InChI is InChI=1S/C35H29GeN2O2/c1-21-10-13-26-27-14-11-23(20-37)33(22-12-15-31-28(18-22)25-8-6-7-9-30(25)39-31)35(27)40-34(26)32(21)29-19-24(36(2,3)4)16-17-38(29)5/h6-19H,1-5H3/q+1. The monoisotopic (exact) mass is 583 g/mol. The second-order valence-electron chi connectivity index (χ2n) is 11.7. The van der Waals surface area contributed by atoms with Crippen molar-refractivity contribution in [3.05, 3.63) is 96.2 Å². The third kappa shape index (κ3) is 3.69. The molecule has 0 spiro atoms. The Morgan fingerprint density at radius 1 is 0.725 bits per heavy atom. The van der Waals surface area contributed by atoms with Crippen molar-refractivity contribution in [3.63, 3.8) is 0 Å². The molecular weight excluding hydrogens is 553 g/mol. The molecule has 0 aliphatic heterocycles. The van der Waals surface area contributed by atoms with Gasteiger partial charge in [-0.15, -0.1) is 0 Å². The van der Waals surface area contributed by atoms with Crippen molar-refractivity contribution >= 4 is 61.5 Å². The summed E-state index contributed by atoms with van der Waals surface area (Å²) in [6, 6.07) is 29.5. The van der Waals surface area contributed by atoms with E-state index in [0.29, 0.717) is 5.56 Å². The predicted molar refractivity (Wildman–Crippen MR) is 165 cm³/mol. The van der Waals surface area contributed by atoms with Crippen molar-refractivity contribution in [1.29, 1.82) is 5.26 Å². The van der Waals surface area contributed by atoms with Crippen LogP contribution in [0.4, 0.5) is 0 Å². The van der Waals surface area contributed by atoms with Crippen LogP contribution in [0.5, 0.6) is 0 Å². The Bertz CT molecular complexity index is 2190. The summed E-state index contributed by atoms with van der Waals surface area (Å²) in [4.78, 5) is 0. The Balaban J connectivity index is 1.54. The van der Waals surface area contributed by atoms with Crippen molar-refractivity contribution < 1.29 is 13.4 Å². The number of furan rings is 2. The van der Waals surface area contributed by atoms with Gasteiger partial charge in [-0.05, 0) is 6.07 Å². The SMILES string of the molecule is Cc1ccc2c(oc3c(-c4ccc5oc6ccccc6c5c4)c(C#N)ccc32)c1-c1c[c]([Ge]([CH3])([CH3])[CH3])cc[n+]1C. The molecule has 3 heterocycles. The molecule has 194 valence electrons. The molecule has 0 bridgehead atoms. The first-order valence-corrected chi connectivity index (χ1v) is 20.9. The molecule has 4 nitrogen and oxygen atoms in total. The van der Waals surface area contributed by atoms with Crippen LogP contribution >= 0.6 is 0 Å². The average Bonchev–Trinajstić information content (AvgIpc) is 3.50. The number of rotatable bonds is 3. The van der Waals surface area contributed by atoms with Crippen molar-refractivity contribution in [1.82, 2.24) is 0 Å². The number of nitrogens with zero attached hydrogens (tertiary/aromatic N) is 2. The van der Waals surface area contributed by atoms with Gasteiger partial charge in [0, 0.05) is 0 Å². The number of aryl methyl sites for hydroxylation is 2. The fourth-order valence-electron chi connectivity index (χ4n) is 5.87. The maximum atomic E-state index is 10.2. The summed E-state index contributed by atoms with van der Waals surface area (Å²) in [6.45, 7) is 2.15. The first-order chi connectivity index (χ1) is 19.2. The molecule has 7 aromatic rings. The molecule has 7 rings (SSSR count). The van der Waals surface area contributed by atoms with Gasteiger partial charge in [-0.3, -0.25) is 0 Å². The molecule has 0 unspecified atom stereocenters.